The van der Waals surface area contributed by atoms with Gasteiger partial charge in [0.2, 0.25) is 10.0 Å². The molecule has 1 aromatic rings. The van der Waals surface area contributed by atoms with Crippen molar-refractivity contribution in [2.75, 3.05) is 17.6 Å². The molecular formula is C10H10N2O5S. The number of hydrogen-bond acceptors (Lipinski definition) is 5. The zero-order valence-corrected chi connectivity index (χ0v) is 10.2. The summed E-state index contributed by atoms with van der Waals surface area (Å²) in [6, 6.07) is 6.16. The molecule has 0 aromatic heterocycles. The lowest BCUT2D eigenvalue weighted by Crippen LogP contribution is -2.23. The number of nitriles is 1. The van der Waals surface area contributed by atoms with E-state index in [9.17, 15) is 13.2 Å². The highest BCUT2D eigenvalue weighted by Gasteiger charge is 2.19. The first kappa shape index (κ1) is 13.8. The number of methoxy groups -OCH3 is 1. The smallest absolute Gasteiger partial charge is 0.320 e. The average Bonchev–Trinajstić information content (AvgIpc) is 2.27. The maximum atomic E-state index is 11.5. The first-order valence-electron chi connectivity index (χ1n) is 4.69. The number of ether oxygens (including phenoxy) is 1. The summed E-state index contributed by atoms with van der Waals surface area (Å²) in [7, 11) is -2.77. The number of hydrogen-bond donors (Lipinski definition) is 2. The van der Waals surface area contributed by atoms with Crippen LogP contribution in [0.2, 0.25) is 0 Å². The summed E-state index contributed by atoms with van der Waals surface area (Å²) in [6.07, 6.45) is 0. The number of anilines is 1. The predicted octanol–water partition coefficient (Wildman–Crippen LogP) is 0.393. The molecule has 0 aliphatic rings. The number of sulfonamides is 1. The van der Waals surface area contributed by atoms with E-state index in [0.29, 0.717) is 0 Å². The maximum Gasteiger partial charge on any atom is 0.320 e. The first-order valence-corrected chi connectivity index (χ1v) is 6.34. The van der Waals surface area contributed by atoms with Crippen LogP contribution in [0.3, 0.4) is 0 Å². The molecule has 0 bridgehead atoms. The van der Waals surface area contributed by atoms with Gasteiger partial charge in [0.05, 0.1) is 12.7 Å². The zero-order valence-electron chi connectivity index (χ0n) is 9.37. The molecule has 0 heterocycles. The van der Waals surface area contributed by atoms with E-state index < -0.39 is 21.7 Å². The van der Waals surface area contributed by atoms with Crippen molar-refractivity contribution in [3.63, 3.8) is 0 Å². The minimum atomic E-state index is -4.08. The molecule has 0 amide bonds. The highest BCUT2D eigenvalue weighted by molar-refractivity contribution is 7.93. The Kier molecular flexibility index (Phi) is 4.12. The average molecular weight is 270 g/mol. The van der Waals surface area contributed by atoms with E-state index in [-0.39, 0.29) is 17.0 Å². The number of nitrogens with zero attached hydrogens (tertiary/aromatic N) is 1. The molecule has 0 aliphatic heterocycles. The molecule has 1 aromatic carbocycles. The SMILES string of the molecule is COc1cccc(C#N)c1NS(=O)(=O)CC(=O)O. The fourth-order valence-electron chi connectivity index (χ4n) is 1.25. The summed E-state index contributed by atoms with van der Waals surface area (Å²) in [5.41, 5.74) is -0.0212. The second-order valence-corrected chi connectivity index (χ2v) is 4.97. The van der Waals surface area contributed by atoms with E-state index >= 15 is 0 Å². The molecule has 0 aliphatic carbocycles. The van der Waals surface area contributed by atoms with Gasteiger partial charge in [0.15, 0.2) is 5.75 Å². The van der Waals surface area contributed by atoms with Gasteiger partial charge in [-0.1, -0.05) is 6.07 Å². The van der Waals surface area contributed by atoms with Crippen LogP contribution in [0.15, 0.2) is 18.2 Å². The standard InChI is InChI=1S/C10H10N2O5S/c1-17-8-4-2-3-7(5-11)10(8)12-18(15,16)6-9(13)14/h2-4,12H,6H2,1H3,(H,13,14). The van der Waals surface area contributed by atoms with E-state index in [1.807, 2.05) is 4.72 Å². The van der Waals surface area contributed by atoms with Gasteiger partial charge in [0.25, 0.3) is 0 Å². The second-order valence-electron chi connectivity index (χ2n) is 3.25. The molecule has 18 heavy (non-hydrogen) atoms. The molecule has 1 rings (SSSR count). The van der Waals surface area contributed by atoms with Crippen LogP contribution in [-0.2, 0) is 14.8 Å². The van der Waals surface area contributed by atoms with Crippen LogP contribution in [0, 0.1) is 11.3 Å². The predicted molar refractivity (Wildman–Crippen MR) is 62.8 cm³/mol. The van der Waals surface area contributed by atoms with Crippen LogP contribution in [0.1, 0.15) is 5.56 Å². The number of para-hydroxylation sites is 1. The van der Waals surface area contributed by atoms with Crippen LogP contribution in [0.4, 0.5) is 5.69 Å². The number of carboxylic acid groups (broad SMARTS) is 1. The van der Waals surface area contributed by atoms with Gasteiger partial charge < -0.3 is 9.84 Å². The lowest BCUT2D eigenvalue weighted by molar-refractivity contribution is -0.134. The van der Waals surface area contributed by atoms with E-state index in [0.717, 1.165) is 0 Å². The topological polar surface area (TPSA) is 116 Å². The van der Waals surface area contributed by atoms with Crippen molar-refractivity contribution in [1.29, 1.82) is 5.26 Å². The van der Waals surface area contributed by atoms with Crippen LogP contribution in [0.5, 0.6) is 5.75 Å². The molecule has 0 spiro atoms. The Hall–Kier alpha value is -2.27. The summed E-state index contributed by atoms with van der Waals surface area (Å²) in [4.78, 5) is 10.4. The third-order valence-electron chi connectivity index (χ3n) is 1.94. The number of benzene rings is 1. The lowest BCUT2D eigenvalue weighted by Gasteiger charge is -2.11. The largest absolute Gasteiger partial charge is 0.495 e. The van der Waals surface area contributed by atoms with Gasteiger partial charge in [0, 0.05) is 0 Å². The molecule has 2 N–H and O–H groups in total. The first-order chi connectivity index (χ1) is 8.39. The van der Waals surface area contributed by atoms with Crippen LogP contribution >= 0.6 is 0 Å². The van der Waals surface area contributed by atoms with Crippen molar-refractivity contribution in [2.24, 2.45) is 0 Å². The number of rotatable bonds is 5. The molecule has 0 fully saturated rings. The Balaban J connectivity index is 3.18. The quantitative estimate of drug-likeness (QED) is 0.799. The van der Waals surface area contributed by atoms with Crippen molar-refractivity contribution in [3.05, 3.63) is 23.8 Å². The van der Waals surface area contributed by atoms with E-state index in [1.54, 1.807) is 6.07 Å². The number of carboxylic acids is 1. The van der Waals surface area contributed by atoms with Crippen molar-refractivity contribution >= 4 is 21.7 Å². The Morgan fingerprint density at radius 2 is 2.22 bits per heavy atom. The summed E-state index contributed by atoms with van der Waals surface area (Å²) >= 11 is 0. The normalized spacial score (nSPS) is 10.4. The van der Waals surface area contributed by atoms with Gasteiger partial charge in [-0.25, -0.2) is 8.42 Å². The number of carbonyl (C=O) groups is 1. The Morgan fingerprint density at radius 1 is 1.56 bits per heavy atom. The number of nitrogens with one attached hydrogen (secondary N) is 1. The van der Waals surface area contributed by atoms with Gasteiger partial charge in [0.1, 0.15) is 17.5 Å². The van der Waals surface area contributed by atoms with Crippen molar-refractivity contribution in [2.45, 2.75) is 0 Å². The molecule has 7 nitrogen and oxygen atoms in total. The third-order valence-corrected chi connectivity index (χ3v) is 3.08. The molecule has 8 heteroatoms. The van der Waals surface area contributed by atoms with Crippen LogP contribution < -0.4 is 9.46 Å². The molecule has 0 saturated carbocycles. The summed E-state index contributed by atoms with van der Waals surface area (Å²) in [5, 5.41) is 17.3. The minimum Gasteiger partial charge on any atom is -0.495 e. The van der Waals surface area contributed by atoms with Crippen LogP contribution in [-0.4, -0.2) is 32.4 Å². The molecular weight excluding hydrogens is 260 g/mol. The Morgan fingerprint density at radius 3 is 2.72 bits per heavy atom. The Bertz CT molecular complexity index is 603. The van der Waals surface area contributed by atoms with Crippen molar-refractivity contribution in [1.82, 2.24) is 0 Å². The Labute approximate surface area is 104 Å². The van der Waals surface area contributed by atoms with E-state index in [4.69, 9.17) is 15.1 Å². The second kappa shape index (κ2) is 5.37. The fraction of sp³-hybridized carbons (Fsp3) is 0.200. The summed E-state index contributed by atoms with van der Waals surface area (Å²) in [6.45, 7) is 0. The highest BCUT2D eigenvalue weighted by Crippen LogP contribution is 2.28. The van der Waals surface area contributed by atoms with Gasteiger partial charge in [-0.2, -0.15) is 5.26 Å². The van der Waals surface area contributed by atoms with Gasteiger partial charge in [-0.15, -0.1) is 0 Å². The van der Waals surface area contributed by atoms with Crippen molar-refractivity contribution in [3.8, 4) is 11.8 Å². The van der Waals surface area contributed by atoms with Gasteiger partial charge in [-0.05, 0) is 12.1 Å². The molecule has 96 valence electrons. The monoisotopic (exact) mass is 270 g/mol. The van der Waals surface area contributed by atoms with Crippen LogP contribution in [0.25, 0.3) is 0 Å². The lowest BCUT2D eigenvalue weighted by atomic mass is 10.2. The van der Waals surface area contributed by atoms with E-state index in [2.05, 4.69) is 0 Å². The van der Waals surface area contributed by atoms with E-state index in [1.165, 1.54) is 25.3 Å². The molecule has 0 atom stereocenters. The van der Waals surface area contributed by atoms with Gasteiger partial charge >= 0.3 is 5.97 Å². The maximum absolute atomic E-state index is 11.5. The zero-order chi connectivity index (χ0) is 13.8. The highest BCUT2D eigenvalue weighted by atomic mass is 32.2. The van der Waals surface area contributed by atoms with Gasteiger partial charge in [-0.3, -0.25) is 9.52 Å². The third kappa shape index (κ3) is 3.36. The minimum absolute atomic E-state index is 0.0447. The molecule has 0 unspecified atom stereocenters. The summed E-state index contributed by atoms with van der Waals surface area (Å²) in [5.74, 6) is -2.44. The fourth-order valence-corrected chi connectivity index (χ4v) is 2.17. The van der Waals surface area contributed by atoms with Crippen molar-refractivity contribution < 1.29 is 23.1 Å². The summed E-state index contributed by atoms with van der Waals surface area (Å²) < 4.78 is 29.9. The molecule has 0 radical (unpaired) electrons. The molecule has 0 saturated heterocycles. The number of aliphatic carboxylic acids is 1.